The minimum atomic E-state index is -3.53. The molecule has 0 saturated heterocycles. The third-order valence-corrected chi connectivity index (χ3v) is 4.47. The monoisotopic (exact) mass is 296 g/mol. The number of hydrogen-bond acceptors (Lipinski definition) is 5. The summed E-state index contributed by atoms with van der Waals surface area (Å²) in [7, 11) is -0.610. The molecule has 0 bridgehead atoms. The van der Waals surface area contributed by atoms with Gasteiger partial charge in [0.25, 0.3) is 0 Å². The molecule has 0 spiro atoms. The number of H-pyrrole nitrogens is 1. The zero-order chi connectivity index (χ0) is 14.9. The molecule has 0 amide bonds. The molecule has 7 nitrogen and oxygen atoms in total. The maximum absolute atomic E-state index is 12.1. The summed E-state index contributed by atoms with van der Waals surface area (Å²) in [4.78, 5) is 0.110. The number of anilines is 1. The second-order valence-corrected chi connectivity index (χ2v) is 6.63. The van der Waals surface area contributed by atoms with Gasteiger partial charge in [0.15, 0.2) is 5.75 Å². The first-order valence-corrected chi connectivity index (χ1v) is 7.26. The van der Waals surface area contributed by atoms with Crippen molar-refractivity contribution in [1.82, 2.24) is 14.5 Å². The van der Waals surface area contributed by atoms with Crippen molar-refractivity contribution in [2.24, 2.45) is 0 Å². The predicted molar refractivity (Wildman–Crippen MR) is 75.1 cm³/mol. The summed E-state index contributed by atoms with van der Waals surface area (Å²) in [5, 5.41) is 6.65. The zero-order valence-electron chi connectivity index (χ0n) is 11.4. The van der Waals surface area contributed by atoms with Crippen molar-refractivity contribution >= 4 is 15.7 Å². The molecule has 0 saturated carbocycles. The molecule has 2 aromatic rings. The van der Waals surface area contributed by atoms with Gasteiger partial charge < -0.3 is 10.5 Å². The van der Waals surface area contributed by atoms with Gasteiger partial charge in [0.2, 0.25) is 15.9 Å². The molecule has 0 aliphatic rings. The molecule has 0 atom stereocenters. The van der Waals surface area contributed by atoms with Gasteiger partial charge in [-0.1, -0.05) is 0 Å². The van der Waals surface area contributed by atoms with Gasteiger partial charge in [-0.25, -0.2) is 12.7 Å². The highest BCUT2D eigenvalue weighted by Gasteiger charge is 2.19. The summed E-state index contributed by atoms with van der Waals surface area (Å²) in [5.41, 5.74) is 6.96. The average Bonchev–Trinajstić information content (AvgIpc) is 2.77. The van der Waals surface area contributed by atoms with Gasteiger partial charge in [-0.05, 0) is 19.1 Å². The van der Waals surface area contributed by atoms with Crippen LogP contribution in [0.5, 0.6) is 11.6 Å². The average molecular weight is 296 g/mol. The summed E-state index contributed by atoms with van der Waals surface area (Å²) in [5.74, 6) is 0.577. The van der Waals surface area contributed by atoms with E-state index in [0.717, 1.165) is 10.00 Å². The quantitative estimate of drug-likeness (QED) is 0.829. The standard InChI is InChI=1S/C12H16N4O3S/c1-8-6-12(15-14-8)19-11-7-9(4-5-10(11)13)20(17,18)16(2)3/h4-7H,13H2,1-3H3,(H,14,15). The van der Waals surface area contributed by atoms with E-state index < -0.39 is 10.0 Å². The predicted octanol–water partition coefficient (Wildman–Crippen LogP) is 1.34. The minimum absolute atomic E-state index is 0.110. The van der Waals surface area contributed by atoms with E-state index in [1.165, 1.54) is 32.3 Å². The zero-order valence-corrected chi connectivity index (χ0v) is 12.2. The number of aromatic amines is 1. The minimum Gasteiger partial charge on any atom is -0.435 e. The molecule has 0 unspecified atom stereocenters. The van der Waals surface area contributed by atoms with Crippen LogP contribution in [-0.2, 0) is 10.0 Å². The number of nitrogens with one attached hydrogen (secondary N) is 1. The van der Waals surface area contributed by atoms with Crippen molar-refractivity contribution in [3.63, 3.8) is 0 Å². The summed E-state index contributed by atoms with van der Waals surface area (Å²) in [6.45, 7) is 1.83. The first-order chi connectivity index (χ1) is 9.30. The fourth-order valence-electron chi connectivity index (χ4n) is 1.53. The maximum atomic E-state index is 12.1. The number of hydrogen-bond donors (Lipinski definition) is 2. The van der Waals surface area contributed by atoms with E-state index in [1.807, 2.05) is 6.92 Å². The Balaban J connectivity index is 2.39. The summed E-state index contributed by atoms with van der Waals surface area (Å²) >= 11 is 0. The lowest BCUT2D eigenvalue weighted by molar-refractivity contribution is 0.461. The number of sulfonamides is 1. The lowest BCUT2D eigenvalue weighted by Crippen LogP contribution is -2.22. The fourth-order valence-corrected chi connectivity index (χ4v) is 2.45. The van der Waals surface area contributed by atoms with Gasteiger partial charge in [-0.3, -0.25) is 5.10 Å². The van der Waals surface area contributed by atoms with Crippen molar-refractivity contribution in [1.29, 1.82) is 0 Å². The van der Waals surface area contributed by atoms with Gasteiger partial charge in [0, 0.05) is 31.9 Å². The van der Waals surface area contributed by atoms with Crippen LogP contribution in [0.2, 0.25) is 0 Å². The van der Waals surface area contributed by atoms with Crippen LogP contribution in [-0.4, -0.2) is 37.0 Å². The van der Waals surface area contributed by atoms with E-state index in [4.69, 9.17) is 10.5 Å². The highest BCUT2D eigenvalue weighted by atomic mass is 32.2. The van der Waals surface area contributed by atoms with E-state index >= 15 is 0 Å². The molecule has 2 rings (SSSR count). The Morgan fingerprint density at radius 1 is 1.30 bits per heavy atom. The molecule has 3 N–H and O–H groups in total. The van der Waals surface area contributed by atoms with Crippen molar-refractivity contribution in [2.75, 3.05) is 19.8 Å². The largest absolute Gasteiger partial charge is 0.435 e. The number of nitrogen functional groups attached to an aromatic ring is 1. The highest BCUT2D eigenvalue weighted by molar-refractivity contribution is 7.89. The smallest absolute Gasteiger partial charge is 0.242 e. The summed E-state index contributed by atoms with van der Waals surface area (Å²) < 4.78 is 30.7. The third-order valence-electron chi connectivity index (χ3n) is 2.66. The molecule has 0 aliphatic carbocycles. The van der Waals surface area contributed by atoms with Crippen LogP contribution >= 0.6 is 0 Å². The molecule has 0 aliphatic heterocycles. The van der Waals surface area contributed by atoms with E-state index in [2.05, 4.69) is 10.2 Å². The van der Waals surface area contributed by atoms with E-state index in [9.17, 15) is 8.42 Å². The number of nitrogens with two attached hydrogens (primary N) is 1. The summed E-state index contributed by atoms with van der Waals surface area (Å²) in [6.07, 6.45) is 0. The number of aromatic nitrogens is 2. The van der Waals surface area contributed by atoms with Crippen LogP contribution in [0.15, 0.2) is 29.2 Å². The molecular formula is C12H16N4O3S. The molecule has 0 radical (unpaired) electrons. The van der Waals surface area contributed by atoms with Gasteiger partial charge in [0.1, 0.15) is 0 Å². The Hall–Kier alpha value is -2.06. The third kappa shape index (κ3) is 2.75. The molecule has 1 aromatic heterocycles. The van der Waals surface area contributed by atoms with Crippen LogP contribution in [0.3, 0.4) is 0 Å². The van der Waals surface area contributed by atoms with Crippen LogP contribution in [0.4, 0.5) is 5.69 Å². The lowest BCUT2D eigenvalue weighted by Gasteiger charge is -2.13. The number of rotatable bonds is 4. The van der Waals surface area contributed by atoms with Crippen LogP contribution in [0, 0.1) is 6.92 Å². The number of benzene rings is 1. The van der Waals surface area contributed by atoms with Crippen molar-refractivity contribution in [3.05, 3.63) is 30.0 Å². The van der Waals surface area contributed by atoms with Gasteiger partial charge in [-0.2, -0.15) is 0 Å². The van der Waals surface area contributed by atoms with E-state index in [-0.39, 0.29) is 10.6 Å². The van der Waals surface area contributed by atoms with Crippen LogP contribution < -0.4 is 10.5 Å². The van der Waals surface area contributed by atoms with Crippen LogP contribution in [0.25, 0.3) is 0 Å². The Morgan fingerprint density at radius 2 is 2.00 bits per heavy atom. The molecule has 1 aromatic carbocycles. The molecule has 0 fully saturated rings. The Kier molecular flexibility index (Phi) is 3.69. The number of nitrogens with zero attached hydrogens (tertiary/aromatic N) is 2. The van der Waals surface area contributed by atoms with E-state index in [0.29, 0.717) is 11.6 Å². The van der Waals surface area contributed by atoms with Crippen molar-refractivity contribution in [3.8, 4) is 11.6 Å². The first kappa shape index (κ1) is 14.4. The second-order valence-electron chi connectivity index (χ2n) is 4.48. The topological polar surface area (TPSA) is 101 Å². The Bertz CT molecular complexity index is 722. The molecule has 1 heterocycles. The number of ether oxygens (including phenoxy) is 1. The molecule has 8 heteroatoms. The SMILES string of the molecule is Cc1cc(Oc2cc(S(=O)(=O)N(C)C)ccc2N)n[nH]1. The lowest BCUT2D eigenvalue weighted by atomic mass is 10.3. The Morgan fingerprint density at radius 3 is 2.55 bits per heavy atom. The fraction of sp³-hybridized carbons (Fsp3) is 0.250. The number of aryl methyl sites for hydroxylation is 1. The molecular weight excluding hydrogens is 280 g/mol. The van der Waals surface area contributed by atoms with Gasteiger partial charge >= 0.3 is 0 Å². The maximum Gasteiger partial charge on any atom is 0.242 e. The van der Waals surface area contributed by atoms with Gasteiger partial charge in [-0.15, -0.1) is 5.10 Å². The molecule has 20 heavy (non-hydrogen) atoms. The summed E-state index contributed by atoms with van der Waals surface area (Å²) in [6, 6.07) is 6.00. The van der Waals surface area contributed by atoms with Crippen molar-refractivity contribution in [2.45, 2.75) is 11.8 Å². The van der Waals surface area contributed by atoms with Gasteiger partial charge in [0.05, 0.1) is 10.6 Å². The first-order valence-electron chi connectivity index (χ1n) is 5.82. The van der Waals surface area contributed by atoms with E-state index in [1.54, 1.807) is 6.07 Å². The second kappa shape index (κ2) is 5.14. The van der Waals surface area contributed by atoms with Crippen LogP contribution in [0.1, 0.15) is 5.69 Å². The Labute approximate surface area is 117 Å². The highest BCUT2D eigenvalue weighted by Crippen LogP contribution is 2.30. The molecule has 108 valence electrons. The normalized spacial score (nSPS) is 11.8. The van der Waals surface area contributed by atoms with Crippen molar-refractivity contribution < 1.29 is 13.2 Å².